The Kier molecular flexibility index (Phi) is 3.92. The van der Waals surface area contributed by atoms with Crippen LogP contribution >= 0.6 is 34.5 Å². The van der Waals surface area contributed by atoms with E-state index in [0.717, 1.165) is 16.4 Å². The summed E-state index contributed by atoms with van der Waals surface area (Å²) in [5, 5.41) is 7.56. The fraction of sp³-hybridized carbons (Fsp3) is 0.250. The van der Waals surface area contributed by atoms with Gasteiger partial charge in [-0.15, -0.1) is 11.3 Å². The van der Waals surface area contributed by atoms with Gasteiger partial charge in [-0.25, -0.2) is 4.98 Å². The molecular formula is C12H12Cl2N2S. The van der Waals surface area contributed by atoms with Crippen LogP contribution in [-0.4, -0.2) is 4.98 Å². The lowest BCUT2D eigenvalue weighted by atomic mass is 10.1. The average molecular weight is 287 g/mol. The fourth-order valence-electron chi connectivity index (χ4n) is 1.54. The molecule has 0 spiro atoms. The lowest BCUT2D eigenvalue weighted by molar-refractivity contribution is 0.880. The zero-order valence-corrected chi connectivity index (χ0v) is 11.8. The molecule has 0 aliphatic heterocycles. The van der Waals surface area contributed by atoms with Crippen molar-refractivity contribution in [2.45, 2.75) is 19.9 Å². The van der Waals surface area contributed by atoms with Crippen LogP contribution in [0.25, 0.3) is 0 Å². The molecule has 1 N–H and O–H groups in total. The van der Waals surface area contributed by atoms with E-state index in [4.69, 9.17) is 23.2 Å². The number of aryl methyl sites for hydroxylation is 1. The second kappa shape index (κ2) is 5.25. The van der Waals surface area contributed by atoms with Crippen molar-refractivity contribution in [1.82, 2.24) is 4.98 Å². The highest BCUT2D eigenvalue weighted by Gasteiger charge is 2.11. The molecule has 1 atom stereocenters. The van der Waals surface area contributed by atoms with Gasteiger partial charge in [-0.1, -0.05) is 29.3 Å². The van der Waals surface area contributed by atoms with Crippen molar-refractivity contribution >= 4 is 39.7 Å². The van der Waals surface area contributed by atoms with Crippen molar-refractivity contribution in [3.63, 3.8) is 0 Å². The number of thiazole rings is 1. The summed E-state index contributed by atoms with van der Waals surface area (Å²) in [5.41, 5.74) is 2.04. The number of anilines is 1. The predicted octanol–water partition coefficient (Wildman–Crippen LogP) is 4.93. The van der Waals surface area contributed by atoms with Crippen LogP contribution in [0.4, 0.5) is 5.13 Å². The summed E-state index contributed by atoms with van der Waals surface area (Å²) in [4.78, 5) is 4.36. The maximum absolute atomic E-state index is 6.15. The molecule has 1 aromatic carbocycles. The average Bonchev–Trinajstić information content (AvgIpc) is 2.63. The van der Waals surface area contributed by atoms with Crippen LogP contribution in [0.5, 0.6) is 0 Å². The van der Waals surface area contributed by atoms with Crippen LogP contribution in [0.15, 0.2) is 23.6 Å². The third kappa shape index (κ3) is 3.12. The number of hydrogen-bond acceptors (Lipinski definition) is 3. The Morgan fingerprint density at radius 1 is 1.35 bits per heavy atom. The van der Waals surface area contributed by atoms with Gasteiger partial charge in [0.1, 0.15) is 0 Å². The molecule has 0 aliphatic carbocycles. The molecule has 2 rings (SSSR count). The lowest BCUT2D eigenvalue weighted by Crippen LogP contribution is -2.06. The number of aromatic nitrogens is 1. The minimum atomic E-state index is 0.102. The van der Waals surface area contributed by atoms with Gasteiger partial charge in [0.05, 0.1) is 11.7 Å². The Morgan fingerprint density at radius 2 is 2.12 bits per heavy atom. The molecule has 0 aliphatic rings. The van der Waals surface area contributed by atoms with Crippen molar-refractivity contribution < 1.29 is 0 Å². The predicted molar refractivity (Wildman–Crippen MR) is 75.4 cm³/mol. The summed E-state index contributed by atoms with van der Waals surface area (Å²) in [6, 6.07) is 5.63. The summed E-state index contributed by atoms with van der Waals surface area (Å²) < 4.78 is 0. The molecule has 0 saturated heterocycles. The lowest BCUT2D eigenvalue weighted by Gasteiger charge is -2.15. The topological polar surface area (TPSA) is 24.9 Å². The molecular weight excluding hydrogens is 275 g/mol. The first kappa shape index (κ1) is 12.7. The van der Waals surface area contributed by atoms with Gasteiger partial charge < -0.3 is 5.32 Å². The first-order chi connectivity index (χ1) is 8.06. The van der Waals surface area contributed by atoms with Gasteiger partial charge in [-0.05, 0) is 31.5 Å². The third-order valence-electron chi connectivity index (χ3n) is 2.39. The Hall–Kier alpha value is -0.770. The first-order valence-corrected chi connectivity index (χ1v) is 6.83. The van der Waals surface area contributed by atoms with E-state index < -0.39 is 0 Å². The van der Waals surface area contributed by atoms with E-state index >= 15 is 0 Å². The molecule has 17 heavy (non-hydrogen) atoms. The van der Waals surface area contributed by atoms with Gasteiger partial charge in [0.15, 0.2) is 5.13 Å². The van der Waals surface area contributed by atoms with Crippen molar-refractivity contribution in [3.8, 4) is 0 Å². The SMILES string of the molecule is Cc1csc(NC(C)c2ccc(Cl)cc2Cl)n1. The van der Waals surface area contributed by atoms with Crippen molar-refractivity contribution in [2.75, 3.05) is 5.32 Å². The van der Waals surface area contributed by atoms with E-state index in [0.29, 0.717) is 10.0 Å². The number of rotatable bonds is 3. The van der Waals surface area contributed by atoms with Crippen molar-refractivity contribution in [3.05, 3.63) is 44.9 Å². The monoisotopic (exact) mass is 286 g/mol. The highest BCUT2D eigenvalue weighted by Crippen LogP contribution is 2.29. The first-order valence-electron chi connectivity index (χ1n) is 5.20. The summed E-state index contributed by atoms with van der Waals surface area (Å²) in [5.74, 6) is 0. The Morgan fingerprint density at radius 3 is 2.71 bits per heavy atom. The molecule has 0 radical (unpaired) electrons. The standard InChI is InChI=1S/C12H12Cl2N2S/c1-7-6-17-12(15-7)16-8(2)10-4-3-9(13)5-11(10)14/h3-6,8H,1-2H3,(H,15,16). The van der Waals surface area contributed by atoms with Gasteiger partial charge in [0, 0.05) is 15.4 Å². The van der Waals surface area contributed by atoms with Crippen LogP contribution in [0.1, 0.15) is 24.2 Å². The second-order valence-corrected chi connectivity index (χ2v) is 5.53. The van der Waals surface area contributed by atoms with E-state index in [1.165, 1.54) is 0 Å². The van der Waals surface area contributed by atoms with Crippen LogP contribution in [0, 0.1) is 6.92 Å². The number of nitrogens with zero attached hydrogens (tertiary/aromatic N) is 1. The highest BCUT2D eigenvalue weighted by molar-refractivity contribution is 7.13. The third-order valence-corrected chi connectivity index (χ3v) is 3.84. The molecule has 1 aromatic heterocycles. The molecule has 0 amide bonds. The number of hydrogen-bond donors (Lipinski definition) is 1. The molecule has 90 valence electrons. The smallest absolute Gasteiger partial charge is 0.183 e. The highest BCUT2D eigenvalue weighted by atomic mass is 35.5. The summed E-state index contributed by atoms with van der Waals surface area (Å²) >= 11 is 13.6. The largest absolute Gasteiger partial charge is 0.355 e. The van der Waals surface area contributed by atoms with Gasteiger partial charge in [0.2, 0.25) is 0 Å². The number of nitrogens with one attached hydrogen (secondary N) is 1. The van der Waals surface area contributed by atoms with E-state index in [2.05, 4.69) is 10.3 Å². The Bertz CT molecular complexity index is 525. The minimum Gasteiger partial charge on any atom is -0.355 e. The van der Waals surface area contributed by atoms with Crippen LogP contribution < -0.4 is 5.32 Å². The molecule has 0 saturated carbocycles. The van der Waals surface area contributed by atoms with Crippen molar-refractivity contribution in [1.29, 1.82) is 0 Å². The Labute approximate surface area is 115 Å². The second-order valence-electron chi connectivity index (χ2n) is 3.83. The van der Waals surface area contributed by atoms with Gasteiger partial charge in [-0.3, -0.25) is 0 Å². The number of halogens is 2. The molecule has 0 bridgehead atoms. The molecule has 2 aromatic rings. The molecule has 1 unspecified atom stereocenters. The van der Waals surface area contributed by atoms with Crippen molar-refractivity contribution in [2.24, 2.45) is 0 Å². The zero-order valence-electron chi connectivity index (χ0n) is 9.50. The van der Waals surface area contributed by atoms with Gasteiger partial charge >= 0.3 is 0 Å². The van der Waals surface area contributed by atoms with Gasteiger partial charge in [-0.2, -0.15) is 0 Å². The molecule has 2 nitrogen and oxygen atoms in total. The van der Waals surface area contributed by atoms with Gasteiger partial charge in [0.25, 0.3) is 0 Å². The summed E-state index contributed by atoms with van der Waals surface area (Å²) in [7, 11) is 0. The summed E-state index contributed by atoms with van der Waals surface area (Å²) in [6.45, 7) is 4.02. The van der Waals surface area contributed by atoms with E-state index in [9.17, 15) is 0 Å². The fourth-order valence-corrected chi connectivity index (χ4v) is 2.88. The van der Waals surface area contributed by atoms with E-state index in [-0.39, 0.29) is 6.04 Å². The van der Waals surface area contributed by atoms with E-state index in [1.54, 1.807) is 17.4 Å². The summed E-state index contributed by atoms with van der Waals surface area (Å²) in [6.07, 6.45) is 0. The molecule has 0 fully saturated rings. The van der Waals surface area contributed by atoms with Crippen LogP contribution in [-0.2, 0) is 0 Å². The molecule has 5 heteroatoms. The minimum absolute atomic E-state index is 0.102. The molecule has 1 heterocycles. The number of benzene rings is 1. The van der Waals surface area contributed by atoms with E-state index in [1.807, 2.05) is 31.4 Å². The maximum atomic E-state index is 6.15. The normalized spacial score (nSPS) is 12.5. The van der Waals surface area contributed by atoms with Crippen LogP contribution in [0.3, 0.4) is 0 Å². The Balaban J connectivity index is 2.17. The maximum Gasteiger partial charge on any atom is 0.183 e. The quantitative estimate of drug-likeness (QED) is 0.865. The zero-order chi connectivity index (χ0) is 12.4. The van der Waals surface area contributed by atoms with Crippen LogP contribution in [0.2, 0.25) is 10.0 Å².